The van der Waals surface area contributed by atoms with Crippen molar-refractivity contribution in [2.45, 2.75) is 46.3 Å². The van der Waals surface area contributed by atoms with Crippen LogP contribution in [0.15, 0.2) is 0 Å². The fraction of sp³-hybridized carbons (Fsp3) is 0.917. The lowest BCUT2D eigenvalue weighted by atomic mass is 10.4. The molecule has 5 heteroatoms. The normalized spacial score (nSPS) is 10.6. The molecule has 0 fully saturated rings. The van der Waals surface area contributed by atoms with Gasteiger partial charge in [0.1, 0.15) is 0 Å². The predicted octanol–water partition coefficient (Wildman–Crippen LogP) is 2.30. The van der Waals surface area contributed by atoms with Gasteiger partial charge < -0.3 is 19.5 Å². The Morgan fingerprint density at radius 3 is 2.35 bits per heavy atom. The van der Waals surface area contributed by atoms with E-state index in [1.54, 1.807) is 0 Å². The van der Waals surface area contributed by atoms with Crippen LogP contribution in [0.3, 0.4) is 0 Å². The summed E-state index contributed by atoms with van der Waals surface area (Å²) in [6.07, 6.45) is 1.92. The van der Waals surface area contributed by atoms with Crippen molar-refractivity contribution >= 4 is 6.09 Å². The molecule has 0 aromatic heterocycles. The Balaban J connectivity index is 3.54. The summed E-state index contributed by atoms with van der Waals surface area (Å²) in [5.41, 5.74) is 0. The molecule has 0 saturated heterocycles. The van der Waals surface area contributed by atoms with Crippen molar-refractivity contribution in [1.82, 2.24) is 5.32 Å². The van der Waals surface area contributed by atoms with Crippen molar-refractivity contribution in [3.05, 3.63) is 0 Å². The van der Waals surface area contributed by atoms with E-state index in [4.69, 9.17) is 14.2 Å². The zero-order chi connectivity index (χ0) is 12.9. The Morgan fingerprint density at radius 2 is 1.82 bits per heavy atom. The Labute approximate surface area is 104 Å². The van der Waals surface area contributed by atoms with Gasteiger partial charge in [-0.05, 0) is 20.3 Å². The van der Waals surface area contributed by atoms with Crippen molar-refractivity contribution in [2.24, 2.45) is 0 Å². The molecule has 0 radical (unpaired) electrons. The molecule has 17 heavy (non-hydrogen) atoms. The highest BCUT2D eigenvalue weighted by Crippen LogP contribution is 2.00. The monoisotopic (exact) mass is 247 g/mol. The van der Waals surface area contributed by atoms with Gasteiger partial charge in [0, 0.05) is 26.2 Å². The minimum atomic E-state index is -0.370. The van der Waals surface area contributed by atoms with E-state index in [1.807, 2.05) is 13.8 Å². The summed E-state index contributed by atoms with van der Waals surface area (Å²) in [5.74, 6) is 0. The zero-order valence-electron chi connectivity index (χ0n) is 11.2. The topological polar surface area (TPSA) is 56.8 Å². The minimum absolute atomic E-state index is 0.249. The summed E-state index contributed by atoms with van der Waals surface area (Å²) >= 11 is 0. The summed E-state index contributed by atoms with van der Waals surface area (Å²) in [4.78, 5) is 11.2. The Bertz CT molecular complexity index is 181. The standard InChI is InChI=1S/C12H25NO4/c1-4-7-10-17-12(14)13-9-8-11(15-5-2)16-6-3/h11H,4-10H2,1-3H3,(H,13,14). The van der Waals surface area contributed by atoms with Gasteiger partial charge in [0.05, 0.1) is 6.61 Å². The van der Waals surface area contributed by atoms with E-state index in [9.17, 15) is 4.79 Å². The molecule has 0 heterocycles. The fourth-order valence-electron chi connectivity index (χ4n) is 1.24. The number of hydrogen-bond acceptors (Lipinski definition) is 4. The number of ether oxygens (including phenoxy) is 3. The maximum Gasteiger partial charge on any atom is 0.407 e. The SMILES string of the molecule is CCCCOC(=O)NCCC(OCC)OCC. The molecular formula is C12H25NO4. The molecule has 1 N–H and O–H groups in total. The second kappa shape index (κ2) is 11.7. The number of nitrogens with one attached hydrogen (secondary N) is 1. The van der Waals surface area contributed by atoms with Gasteiger partial charge in [-0.15, -0.1) is 0 Å². The number of carbonyl (C=O) groups is 1. The third-order valence-corrected chi connectivity index (χ3v) is 2.09. The van der Waals surface area contributed by atoms with Crippen LogP contribution in [0.2, 0.25) is 0 Å². The van der Waals surface area contributed by atoms with Crippen LogP contribution < -0.4 is 5.32 Å². The van der Waals surface area contributed by atoms with E-state index >= 15 is 0 Å². The van der Waals surface area contributed by atoms with E-state index in [2.05, 4.69) is 12.2 Å². The Kier molecular flexibility index (Phi) is 11.1. The van der Waals surface area contributed by atoms with Crippen molar-refractivity contribution in [1.29, 1.82) is 0 Å². The van der Waals surface area contributed by atoms with Gasteiger partial charge in [0.2, 0.25) is 0 Å². The van der Waals surface area contributed by atoms with Crippen molar-refractivity contribution < 1.29 is 19.0 Å². The highest BCUT2D eigenvalue weighted by molar-refractivity contribution is 5.66. The summed E-state index contributed by atoms with van der Waals surface area (Å²) in [7, 11) is 0. The van der Waals surface area contributed by atoms with E-state index in [0.717, 1.165) is 12.8 Å². The quantitative estimate of drug-likeness (QED) is 0.475. The molecule has 0 rings (SSSR count). The summed E-state index contributed by atoms with van der Waals surface area (Å²) in [5, 5.41) is 2.67. The lowest BCUT2D eigenvalue weighted by Gasteiger charge is -2.16. The van der Waals surface area contributed by atoms with Crippen LogP contribution in [0, 0.1) is 0 Å². The minimum Gasteiger partial charge on any atom is -0.450 e. The molecule has 0 aromatic rings. The number of hydrogen-bond donors (Lipinski definition) is 1. The van der Waals surface area contributed by atoms with Crippen LogP contribution >= 0.6 is 0 Å². The van der Waals surface area contributed by atoms with Crippen molar-refractivity contribution in [2.75, 3.05) is 26.4 Å². The molecule has 0 unspecified atom stereocenters. The molecule has 0 atom stereocenters. The Morgan fingerprint density at radius 1 is 1.18 bits per heavy atom. The highest BCUT2D eigenvalue weighted by atomic mass is 16.7. The van der Waals surface area contributed by atoms with Crippen LogP contribution in [0.4, 0.5) is 4.79 Å². The number of unbranched alkanes of at least 4 members (excludes halogenated alkanes) is 1. The molecule has 1 amide bonds. The number of alkyl carbamates (subject to hydrolysis) is 1. The maximum absolute atomic E-state index is 11.2. The van der Waals surface area contributed by atoms with Gasteiger partial charge in [-0.2, -0.15) is 0 Å². The molecular weight excluding hydrogens is 222 g/mol. The smallest absolute Gasteiger partial charge is 0.407 e. The van der Waals surface area contributed by atoms with Crippen LogP contribution in [0.1, 0.15) is 40.0 Å². The first-order valence-electron chi connectivity index (χ1n) is 6.38. The van der Waals surface area contributed by atoms with Crippen LogP contribution in [0.5, 0.6) is 0 Å². The summed E-state index contributed by atoms with van der Waals surface area (Å²) in [6.45, 7) is 8.06. The third kappa shape index (κ3) is 10.1. The molecule has 102 valence electrons. The van der Waals surface area contributed by atoms with Gasteiger partial charge in [0.15, 0.2) is 6.29 Å². The third-order valence-electron chi connectivity index (χ3n) is 2.09. The molecule has 0 spiro atoms. The summed E-state index contributed by atoms with van der Waals surface area (Å²) in [6, 6.07) is 0. The summed E-state index contributed by atoms with van der Waals surface area (Å²) < 4.78 is 15.6. The van der Waals surface area contributed by atoms with Gasteiger partial charge in [0.25, 0.3) is 0 Å². The van der Waals surface area contributed by atoms with E-state index in [0.29, 0.717) is 32.8 Å². The lowest BCUT2D eigenvalue weighted by Crippen LogP contribution is -2.29. The zero-order valence-corrected chi connectivity index (χ0v) is 11.2. The average Bonchev–Trinajstić information content (AvgIpc) is 2.30. The lowest BCUT2D eigenvalue weighted by molar-refractivity contribution is -0.138. The number of amides is 1. The van der Waals surface area contributed by atoms with E-state index in [-0.39, 0.29) is 12.4 Å². The molecule has 5 nitrogen and oxygen atoms in total. The Hall–Kier alpha value is -0.810. The van der Waals surface area contributed by atoms with Crippen LogP contribution in [-0.4, -0.2) is 38.7 Å². The van der Waals surface area contributed by atoms with E-state index in [1.165, 1.54) is 0 Å². The van der Waals surface area contributed by atoms with E-state index < -0.39 is 0 Å². The first-order chi connectivity index (χ1) is 8.24. The predicted molar refractivity (Wildman–Crippen MR) is 65.9 cm³/mol. The average molecular weight is 247 g/mol. The second-order valence-corrected chi connectivity index (χ2v) is 3.55. The molecule has 0 saturated carbocycles. The number of rotatable bonds is 10. The first kappa shape index (κ1) is 16.2. The fourth-order valence-corrected chi connectivity index (χ4v) is 1.24. The van der Waals surface area contributed by atoms with Gasteiger partial charge in [-0.25, -0.2) is 4.79 Å². The van der Waals surface area contributed by atoms with Crippen LogP contribution in [-0.2, 0) is 14.2 Å². The number of carbonyl (C=O) groups excluding carboxylic acids is 1. The first-order valence-corrected chi connectivity index (χ1v) is 6.38. The van der Waals surface area contributed by atoms with Gasteiger partial charge in [-0.3, -0.25) is 0 Å². The molecule has 0 aliphatic rings. The second-order valence-electron chi connectivity index (χ2n) is 3.55. The molecule has 0 bridgehead atoms. The molecule has 0 aliphatic carbocycles. The molecule has 0 aromatic carbocycles. The van der Waals surface area contributed by atoms with Gasteiger partial charge in [-0.1, -0.05) is 13.3 Å². The highest BCUT2D eigenvalue weighted by Gasteiger charge is 2.08. The van der Waals surface area contributed by atoms with Gasteiger partial charge >= 0.3 is 6.09 Å². The molecule has 0 aliphatic heterocycles. The van der Waals surface area contributed by atoms with Crippen molar-refractivity contribution in [3.8, 4) is 0 Å². The van der Waals surface area contributed by atoms with Crippen LogP contribution in [0.25, 0.3) is 0 Å². The maximum atomic E-state index is 11.2. The largest absolute Gasteiger partial charge is 0.450 e. The van der Waals surface area contributed by atoms with Crippen molar-refractivity contribution in [3.63, 3.8) is 0 Å².